The molecule has 0 spiro atoms. The van der Waals surface area contributed by atoms with Crippen LogP contribution in [0.25, 0.3) is 82.5 Å². The van der Waals surface area contributed by atoms with Crippen LogP contribution in [0.2, 0.25) is 0 Å². The van der Waals surface area contributed by atoms with Crippen LogP contribution in [0, 0.1) is 0 Å². The maximum Gasteiger partial charge on any atom is 0.260 e. The third-order valence-electron chi connectivity index (χ3n) is 16.4. The molecule has 18 rings (SSSR count). The minimum Gasteiger partial charge on any atom is -0.458 e. The fraction of sp³-hybridized carbons (Fsp3) is 0. The number of aromatic nitrogens is 3. The van der Waals surface area contributed by atoms with Crippen LogP contribution in [-0.2, 0) is 0 Å². The van der Waals surface area contributed by atoms with Crippen molar-refractivity contribution in [3.05, 3.63) is 224 Å². The Morgan fingerprint density at radius 1 is 0.227 bits per heavy atom. The molecule has 7 heterocycles. The Morgan fingerprint density at radius 2 is 0.560 bits per heavy atom. The summed E-state index contributed by atoms with van der Waals surface area (Å²) in [6, 6.07) is 80.2. The number of benzene rings is 11. The molecule has 0 saturated heterocycles. The molecule has 0 atom stereocenters. The third kappa shape index (κ3) is 5.30. The summed E-state index contributed by atoms with van der Waals surface area (Å²) >= 11 is 0. The van der Waals surface area contributed by atoms with Crippen molar-refractivity contribution < 1.29 is 18.9 Å². The van der Waals surface area contributed by atoms with Gasteiger partial charge in [-0.1, -0.05) is 140 Å². The van der Waals surface area contributed by atoms with Crippen molar-refractivity contribution in [3.63, 3.8) is 0 Å². The Bertz CT molecular complexity index is 4490. The minimum absolute atomic E-state index is 0.142. The van der Waals surface area contributed by atoms with Crippen molar-refractivity contribution in [3.8, 4) is 63.1 Å². The summed E-state index contributed by atoms with van der Waals surface area (Å²) in [7, 11) is 0. The molecule has 9 heteroatoms. The van der Waals surface area contributed by atoms with E-state index in [9.17, 15) is 0 Å². The molecule has 0 N–H and O–H groups in total. The average Bonchev–Trinajstić information content (AvgIpc) is 4.15. The van der Waals surface area contributed by atoms with Crippen LogP contribution in [0.4, 0.5) is 0 Å². The van der Waals surface area contributed by atoms with Crippen LogP contribution in [0.15, 0.2) is 224 Å². The normalized spacial score (nSPS) is 13.4. The molecule has 0 unspecified atom stereocenters. The summed E-state index contributed by atoms with van der Waals surface area (Å²) in [6.07, 6.45) is 0. The smallest absolute Gasteiger partial charge is 0.260 e. The number of fused-ring (bicyclic) bond motifs is 17. The van der Waals surface area contributed by atoms with Gasteiger partial charge in [0, 0.05) is 85.3 Å². The number of hydrogen-bond donors (Lipinski definition) is 0. The van der Waals surface area contributed by atoms with E-state index in [4.69, 9.17) is 18.9 Å². The predicted octanol–water partition coefficient (Wildman–Crippen LogP) is 12.4. The van der Waals surface area contributed by atoms with E-state index >= 15 is 0 Å². The maximum absolute atomic E-state index is 7.28. The monoisotopic (exact) mass is 957 g/mol. The second kappa shape index (κ2) is 14.4. The molecule has 0 saturated carbocycles. The fourth-order valence-electron chi connectivity index (χ4n) is 13.4. The molecule has 0 bridgehead atoms. The highest BCUT2D eigenvalue weighted by atomic mass is 16.5. The van der Waals surface area contributed by atoms with Gasteiger partial charge in [0.2, 0.25) is 0 Å². The third-order valence-corrected chi connectivity index (χ3v) is 16.4. The van der Waals surface area contributed by atoms with Gasteiger partial charge in [-0.2, -0.15) is 0 Å². The van der Waals surface area contributed by atoms with Gasteiger partial charge >= 0.3 is 0 Å². The zero-order valence-corrected chi connectivity index (χ0v) is 40.0. The van der Waals surface area contributed by atoms with Gasteiger partial charge in [-0.25, -0.2) is 0 Å². The Labute approximate surface area is 429 Å². The van der Waals surface area contributed by atoms with E-state index in [1.807, 2.05) is 0 Å². The van der Waals surface area contributed by atoms with Crippen LogP contribution in [-0.4, -0.2) is 27.1 Å². The summed E-state index contributed by atoms with van der Waals surface area (Å²) < 4.78 is 35.5. The lowest BCUT2D eigenvalue weighted by atomic mass is 9.34. The van der Waals surface area contributed by atoms with Crippen LogP contribution in [0.1, 0.15) is 0 Å². The summed E-state index contributed by atoms with van der Waals surface area (Å²) in [6.45, 7) is -0.283. The first-order valence-corrected chi connectivity index (χ1v) is 25.6. The molecular weight excluding hydrogens is 920 g/mol. The van der Waals surface area contributed by atoms with E-state index in [0.29, 0.717) is 0 Å². The summed E-state index contributed by atoms with van der Waals surface area (Å²) in [4.78, 5) is 0. The molecular formula is C66H37B2N3O4. The van der Waals surface area contributed by atoms with Crippen molar-refractivity contribution >= 4 is 112 Å². The number of para-hydroxylation sites is 7. The molecule has 7 nitrogen and oxygen atoms in total. The Morgan fingerprint density at radius 3 is 0.973 bits per heavy atom. The highest BCUT2D eigenvalue weighted by Crippen LogP contribution is 2.45. The average molecular weight is 958 g/mol. The Kier molecular flexibility index (Phi) is 7.64. The van der Waals surface area contributed by atoms with E-state index in [1.54, 1.807) is 0 Å². The number of ether oxygens (including phenoxy) is 4. The number of nitrogens with zero attached hydrogens (tertiary/aromatic N) is 3. The largest absolute Gasteiger partial charge is 0.458 e. The lowest BCUT2D eigenvalue weighted by Gasteiger charge is -2.33. The Balaban J connectivity index is 0.872. The number of hydrogen-bond acceptors (Lipinski definition) is 4. The highest BCUT2D eigenvalue weighted by Gasteiger charge is 2.43. The number of rotatable bonds is 3. The molecule has 75 heavy (non-hydrogen) atoms. The van der Waals surface area contributed by atoms with Gasteiger partial charge in [0.05, 0.1) is 44.5 Å². The van der Waals surface area contributed by atoms with Gasteiger partial charge in [-0.3, -0.25) is 0 Å². The zero-order valence-electron chi connectivity index (χ0n) is 40.0. The second-order valence-electron chi connectivity index (χ2n) is 20.3. The van der Waals surface area contributed by atoms with Crippen LogP contribution >= 0.6 is 0 Å². The standard InChI is InChI=1S/C66H37B2N3O4/c1-2-16-38(17-3-1)69-55-36-59-49(67-47-22-8-14-28-57(47)72-61-30-39(32-63(74-59)65(61)67)70-51-24-10-4-18-41(51)42-19-5-11-25-52(42)70)34-45(55)46-35-50-60(37-56(46)69)75-64-33-40(31-62-66(64)68(50)48-23-9-15-29-58(48)73-62)71-53-26-12-6-20-43(53)44-21-7-13-27-54(44)71/h1-37H. The first kappa shape index (κ1) is 39.7. The van der Waals surface area contributed by atoms with E-state index in [-0.39, 0.29) is 13.4 Å². The minimum atomic E-state index is -0.142. The molecule has 14 aromatic rings. The van der Waals surface area contributed by atoms with E-state index in [1.165, 1.54) is 21.5 Å². The van der Waals surface area contributed by atoms with Gasteiger partial charge < -0.3 is 32.6 Å². The zero-order chi connectivity index (χ0) is 48.6. The van der Waals surface area contributed by atoms with E-state index < -0.39 is 0 Å². The Hall–Kier alpha value is -9.85. The van der Waals surface area contributed by atoms with Crippen molar-refractivity contribution in [2.45, 2.75) is 0 Å². The van der Waals surface area contributed by atoms with Crippen molar-refractivity contribution in [1.29, 1.82) is 0 Å². The molecule has 0 aliphatic carbocycles. The topological polar surface area (TPSA) is 51.7 Å². The first-order chi connectivity index (χ1) is 37.2. The molecule has 4 aliphatic rings. The molecule has 0 amide bonds. The lowest BCUT2D eigenvalue weighted by molar-refractivity contribution is 0.464. The molecule has 0 fully saturated rings. The molecule has 11 aromatic carbocycles. The van der Waals surface area contributed by atoms with Gasteiger partial charge in [0.15, 0.2) is 0 Å². The molecule has 346 valence electrons. The van der Waals surface area contributed by atoms with Gasteiger partial charge in [-0.15, -0.1) is 0 Å². The highest BCUT2D eigenvalue weighted by molar-refractivity contribution is 6.99. The van der Waals surface area contributed by atoms with Gasteiger partial charge in [0.25, 0.3) is 13.4 Å². The maximum atomic E-state index is 7.28. The van der Waals surface area contributed by atoms with Crippen molar-refractivity contribution in [2.24, 2.45) is 0 Å². The van der Waals surface area contributed by atoms with Gasteiger partial charge in [0.1, 0.15) is 46.0 Å². The fourth-order valence-corrected chi connectivity index (χ4v) is 13.4. The molecule has 4 aliphatic heterocycles. The van der Waals surface area contributed by atoms with Crippen molar-refractivity contribution in [1.82, 2.24) is 13.7 Å². The van der Waals surface area contributed by atoms with Crippen LogP contribution in [0.5, 0.6) is 46.0 Å². The molecule has 3 aromatic heterocycles. The predicted molar refractivity (Wildman–Crippen MR) is 305 cm³/mol. The summed E-state index contributed by atoms with van der Waals surface area (Å²) in [5.41, 5.74) is 16.1. The lowest BCUT2D eigenvalue weighted by Crippen LogP contribution is -2.57. The SMILES string of the molecule is c1ccc(-n2c3cc4c(cc3c3cc5c(cc32)Oc2cc(-n3c6ccccc6c6ccccc63)cc3c2B5c2ccccc2O3)B2c3ccccc3Oc3cc(-n5c6ccccc6c6ccccc65)cc(c32)O4)cc1. The van der Waals surface area contributed by atoms with E-state index in [2.05, 4.69) is 238 Å². The van der Waals surface area contributed by atoms with Gasteiger partial charge in [-0.05, 0) is 70.4 Å². The van der Waals surface area contributed by atoms with Crippen molar-refractivity contribution in [2.75, 3.05) is 0 Å². The summed E-state index contributed by atoms with van der Waals surface area (Å²) in [5, 5.41) is 7.06. The molecule has 0 radical (unpaired) electrons. The van der Waals surface area contributed by atoms with E-state index in [0.717, 1.165) is 140 Å². The quantitative estimate of drug-likeness (QED) is 0.166. The van der Waals surface area contributed by atoms with Crippen LogP contribution in [0.3, 0.4) is 0 Å². The summed E-state index contributed by atoms with van der Waals surface area (Å²) in [5.74, 6) is 6.49. The first-order valence-electron chi connectivity index (χ1n) is 25.6. The second-order valence-corrected chi connectivity index (χ2v) is 20.3. The van der Waals surface area contributed by atoms with Crippen LogP contribution < -0.4 is 51.7 Å².